The molecule has 1 atom stereocenters. The lowest BCUT2D eigenvalue weighted by Gasteiger charge is -2.40. The summed E-state index contributed by atoms with van der Waals surface area (Å²) >= 11 is 6.31. The lowest BCUT2D eigenvalue weighted by atomic mass is 9.74. The van der Waals surface area contributed by atoms with Crippen LogP contribution in [0.3, 0.4) is 0 Å². The number of carbonyl (C=O) groups excluding carboxylic acids is 1. The molecule has 2 aliphatic rings. The average molecular weight is 538 g/mol. The molecular weight excluding hydrogens is 506 g/mol. The zero-order valence-electron chi connectivity index (χ0n) is 22.6. The summed E-state index contributed by atoms with van der Waals surface area (Å²) in [6, 6.07) is 22.1. The molecule has 0 saturated heterocycles. The normalized spacial score (nSPS) is 17.3. The molecule has 0 saturated carbocycles. The third-order valence-electron chi connectivity index (χ3n) is 7.77. The van der Waals surface area contributed by atoms with E-state index in [9.17, 15) is 10.1 Å². The van der Waals surface area contributed by atoms with Crippen molar-refractivity contribution in [1.82, 2.24) is 0 Å². The molecule has 5 rings (SSSR count). The number of halogens is 1. The molecule has 39 heavy (non-hydrogen) atoms. The Morgan fingerprint density at radius 3 is 2.51 bits per heavy atom. The predicted molar refractivity (Wildman–Crippen MR) is 155 cm³/mol. The first-order valence-electron chi connectivity index (χ1n) is 13.4. The molecule has 3 aromatic rings. The Labute approximate surface area is 235 Å². The van der Waals surface area contributed by atoms with Gasteiger partial charge in [0.05, 0.1) is 22.6 Å². The van der Waals surface area contributed by atoms with E-state index in [1.54, 1.807) is 6.07 Å². The molecule has 5 nitrogen and oxygen atoms in total. The molecule has 0 fully saturated rings. The molecule has 1 aliphatic carbocycles. The number of nitriles is 1. The first-order chi connectivity index (χ1) is 18.8. The fraction of sp³-hybridized carbons (Fsp3) is 0.273. The molecule has 1 heterocycles. The third-order valence-corrected chi connectivity index (χ3v) is 8.08. The maximum Gasteiger partial charge on any atom is 0.161 e. The van der Waals surface area contributed by atoms with E-state index in [0.29, 0.717) is 40.8 Å². The summed E-state index contributed by atoms with van der Waals surface area (Å²) in [5.41, 5.74) is 14.8. The average Bonchev–Trinajstić information content (AvgIpc) is 2.93. The SMILES string of the molecule is CCc1ccc(N2C(N)=C(C#N)C(c3cc(COc4ccccc4Cl)c(C)cc3C)C3=C2CCCC3=O)cc1. The minimum atomic E-state index is -0.524. The van der Waals surface area contributed by atoms with Gasteiger partial charge >= 0.3 is 0 Å². The quantitative estimate of drug-likeness (QED) is 0.354. The van der Waals surface area contributed by atoms with E-state index in [0.717, 1.165) is 52.9 Å². The molecule has 3 aromatic carbocycles. The van der Waals surface area contributed by atoms with Crippen molar-refractivity contribution in [2.24, 2.45) is 5.73 Å². The second-order valence-electron chi connectivity index (χ2n) is 10.2. The van der Waals surface area contributed by atoms with Gasteiger partial charge < -0.3 is 10.5 Å². The van der Waals surface area contributed by atoms with Gasteiger partial charge in [0.1, 0.15) is 18.2 Å². The van der Waals surface area contributed by atoms with E-state index in [1.165, 1.54) is 5.56 Å². The number of nitrogens with zero attached hydrogens (tertiary/aromatic N) is 2. The number of ketones is 1. The Morgan fingerprint density at radius 1 is 1.08 bits per heavy atom. The number of hydrogen-bond donors (Lipinski definition) is 1. The van der Waals surface area contributed by atoms with E-state index in [2.05, 4.69) is 37.3 Å². The van der Waals surface area contributed by atoms with Gasteiger partial charge in [-0.05, 0) is 85.2 Å². The van der Waals surface area contributed by atoms with Crippen molar-refractivity contribution in [3.8, 4) is 11.8 Å². The van der Waals surface area contributed by atoms with Gasteiger partial charge in [0.15, 0.2) is 5.78 Å². The molecule has 1 unspecified atom stereocenters. The summed E-state index contributed by atoms with van der Waals surface area (Å²) in [6.45, 7) is 6.49. The molecule has 0 spiro atoms. The van der Waals surface area contributed by atoms with Crippen molar-refractivity contribution in [2.75, 3.05) is 4.90 Å². The van der Waals surface area contributed by atoms with E-state index in [1.807, 2.05) is 49.1 Å². The molecule has 0 aromatic heterocycles. The topological polar surface area (TPSA) is 79.3 Å². The summed E-state index contributed by atoms with van der Waals surface area (Å²) in [6.07, 6.45) is 2.87. The highest BCUT2D eigenvalue weighted by Gasteiger charge is 2.41. The maximum atomic E-state index is 13.6. The zero-order chi connectivity index (χ0) is 27.7. The van der Waals surface area contributed by atoms with Crippen LogP contribution in [-0.2, 0) is 17.8 Å². The number of allylic oxidation sites excluding steroid dienone is 3. The molecule has 198 valence electrons. The van der Waals surface area contributed by atoms with Crippen LogP contribution in [0.5, 0.6) is 5.75 Å². The van der Waals surface area contributed by atoms with Gasteiger partial charge in [-0.25, -0.2) is 0 Å². The molecular formula is C33H32ClN3O2. The van der Waals surface area contributed by atoms with E-state index < -0.39 is 5.92 Å². The van der Waals surface area contributed by atoms with Crippen LogP contribution in [0.25, 0.3) is 0 Å². The van der Waals surface area contributed by atoms with Crippen LogP contribution >= 0.6 is 11.6 Å². The van der Waals surface area contributed by atoms with Crippen LogP contribution in [0.1, 0.15) is 59.9 Å². The van der Waals surface area contributed by atoms with Crippen molar-refractivity contribution in [1.29, 1.82) is 5.26 Å². The lowest BCUT2D eigenvalue weighted by Crippen LogP contribution is -2.39. The smallest absolute Gasteiger partial charge is 0.161 e. The number of Topliss-reactive ketones (excluding diaryl/α,β-unsaturated/α-hetero) is 1. The summed E-state index contributed by atoms with van der Waals surface area (Å²) in [7, 11) is 0. The van der Waals surface area contributed by atoms with Crippen molar-refractivity contribution >= 4 is 23.1 Å². The highest BCUT2D eigenvalue weighted by Crippen LogP contribution is 2.47. The fourth-order valence-corrected chi connectivity index (χ4v) is 5.86. The van der Waals surface area contributed by atoms with Gasteiger partial charge in [-0.1, -0.05) is 54.9 Å². The number of aryl methyl sites for hydroxylation is 3. The standard InChI is InChI=1S/C33H32ClN3O2/c1-4-22-12-14-24(15-13-22)37-28-9-7-10-29(38)32(28)31(26(18-35)33(37)36)25-17-23(20(2)16-21(25)3)19-39-30-11-6-5-8-27(30)34/h5-6,8,11-17,31H,4,7,9-10,19,36H2,1-3H3. The number of benzene rings is 3. The summed E-state index contributed by atoms with van der Waals surface area (Å²) in [5.74, 6) is 0.542. The maximum absolute atomic E-state index is 13.6. The highest BCUT2D eigenvalue weighted by atomic mass is 35.5. The van der Waals surface area contributed by atoms with Gasteiger partial charge in [-0.15, -0.1) is 0 Å². The van der Waals surface area contributed by atoms with Crippen molar-refractivity contribution in [2.45, 2.75) is 59.0 Å². The number of carbonyl (C=O) groups is 1. The molecule has 2 N–H and O–H groups in total. The van der Waals surface area contributed by atoms with Crippen LogP contribution in [-0.4, -0.2) is 5.78 Å². The van der Waals surface area contributed by atoms with Crippen molar-refractivity contribution < 1.29 is 9.53 Å². The first-order valence-corrected chi connectivity index (χ1v) is 13.7. The van der Waals surface area contributed by atoms with E-state index >= 15 is 0 Å². The predicted octanol–water partition coefficient (Wildman–Crippen LogP) is 7.40. The Kier molecular flexibility index (Phi) is 7.50. The molecule has 0 amide bonds. The number of rotatable bonds is 6. The van der Waals surface area contributed by atoms with Crippen LogP contribution in [0.4, 0.5) is 5.69 Å². The van der Waals surface area contributed by atoms with Crippen molar-refractivity contribution in [3.05, 3.63) is 116 Å². The number of hydrogen-bond acceptors (Lipinski definition) is 5. The van der Waals surface area contributed by atoms with Crippen LogP contribution < -0.4 is 15.4 Å². The Balaban J connectivity index is 1.62. The second kappa shape index (κ2) is 11.0. The largest absolute Gasteiger partial charge is 0.487 e. The lowest BCUT2D eigenvalue weighted by molar-refractivity contribution is -0.116. The number of para-hydroxylation sites is 1. The second-order valence-corrected chi connectivity index (χ2v) is 10.6. The monoisotopic (exact) mass is 537 g/mol. The third kappa shape index (κ3) is 4.93. The molecule has 0 bridgehead atoms. The number of nitrogens with two attached hydrogens (primary N) is 1. The molecule has 1 aliphatic heterocycles. The van der Waals surface area contributed by atoms with E-state index in [4.69, 9.17) is 22.1 Å². The van der Waals surface area contributed by atoms with Crippen LogP contribution in [0, 0.1) is 25.2 Å². The summed E-state index contributed by atoms with van der Waals surface area (Å²) in [5, 5.41) is 11.0. The fourth-order valence-electron chi connectivity index (χ4n) is 5.67. The summed E-state index contributed by atoms with van der Waals surface area (Å²) in [4.78, 5) is 15.5. The minimum absolute atomic E-state index is 0.0746. The van der Waals surface area contributed by atoms with Gasteiger partial charge in [0.25, 0.3) is 0 Å². The van der Waals surface area contributed by atoms with Gasteiger partial charge in [-0.2, -0.15) is 5.26 Å². The van der Waals surface area contributed by atoms with Gasteiger partial charge in [0.2, 0.25) is 0 Å². The van der Waals surface area contributed by atoms with Crippen molar-refractivity contribution in [3.63, 3.8) is 0 Å². The van der Waals surface area contributed by atoms with E-state index in [-0.39, 0.29) is 5.78 Å². The number of anilines is 1. The Hall–Kier alpha value is -4.01. The Morgan fingerprint density at radius 2 is 1.82 bits per heavy atom. The first kappa shape index (κ1) is 26.6. The van der Waals surface area contributed by atoms with Gasteiger partial charge in [-0.3, -0.25) is 9.69 Å². The highest BCUT2D eigenvalue weighted by molar-refractivity contribution is 6.32. The van der Waals surface area contributed by atoms with Crippen LogP contribution in [0.15, 0.2) is 83.3 Å². The minimum Gasteiger partial charge on any atom is -0.487 e. The van der Waals surface area contributed by atoms with Gasteiger partial charge in [0, 0.05) is 23.4 Å². The van der Waals surface area contributed by atoms with Crippen LogP contribution in [0.2, 0.25) is 5.02 Å². The molecule has 6 heteroatoms. The zero-order valence-corrected chi connectivity index (χ0v) is 23.3. The number of ether oxygens (including phenoxy) is 1. The molecule has 0 radical (unpaired) electrons. The summed E-state index contributed by atoms with van der Waals surface area (Å²) < 4.78 is 6.06. The Bertz CT molecular complexity index is 1550.